The van der Waals surface area contributed by atoms with Crippen LogP contribution in [-0.4, -0.2) is 43.3 Å². The summed E-state index contributed by atoms with van der Waals surface area (Å²) in [5, 5.41) is 11.6. The molecule has 2 aromatic rings. The van der Waals surface area contributed by atoms with Gasteiger partial charge in [-0.2, -0.15) is 0 Å². The molecule has 0 fully saturated rings. The number of carboxylic acid groups (broad SMARTS) is 1. The highest BCUT2D eigenvalue weighted by molar-refractivity contribution is 5.95. The number of ether oxygens (including phenoxy) is 3. The molecule has 150 valence electrons. The molecule has 0 saturated heterocycles. The molecule has 0 saturated carbocycles. The fourth-order valence-corrected chi connectivity index (χ4v) is 2.73. The molecular weight excluding hydrogens is 362 g/mol. The highest BCUT2D eigenvalue weighted by Crippen LogP contribution is 2.25. The summed E-state index contributed by atoms with van der Waals surface area (Å²) in [7, 11) is 1.59. The van der Waals surface area contributed by atoms with Crippen LogP contribution in [0.15, 0.2) is 36.4 Å². The van der Waals surface area contributed by atoms with Crippen LogP contribution >= 0.6 is 0 Å². The molecule has 2 rings (SSSR count). The SMILES string of the molecule is COc1cccc(OC(C)CNC(=O)c2cc(C)c(OCC(=O)O)c(C)c2)c1. The van der Waals surface area contributed by atoms with Crippen LogP contribution in [0.25, 0.3) is 0 Å². The summed E-state index contributed by atoms with van der Waals surface area (Å²) in [5.74, 6) is 0.550. The average Bonchev–Trinajstić information content (AvgIpc) is 2.65. The first-order chi connectivity index (χ1) is 13.3. The fraction of sp³-hybridized carbons (Fsp3) is 0.333. The number of carboxylic acids is 1. The van der Waals surface area contributed by atoms with Gasteiger partial charge in [-0.25, -0.2) is 4.79 Å². The number of nitrogens with one attached hydrogen (secondary N) is 1. The van der Waals surface area contributed by atoms with Crippen LogP contribution in [0.5, 0.6) is 17.2 Å². The number of amides is 1. The molecule has 1 amide bonds. The van der Waals surface area contributed by atoms with E-state index in [-0.39, 0.29) is 12.0 Å². The molecule has 7 nitrogen and oxygen atoms in total. The third kappa shape index (κ3) is 5.90. The number of carbonyl (C=O) groups is 2. The van der Waals surface area contributed by atoms with Crippen molar-refractivity contribution < 1.29 is 28.9 Å². The zero-order valence-corrected chi connectivity index (χ0v) is 16.4. The fourth-order valence-electron chi connectivity index (χ4n) is 2.73. The van der Waals surface area contributed by atoms with E-state index in [2.05, 4.69) is 5.32 Å². The van der Waals surface area contributed by atoms with Crippen molar-refractivity contribution in [2.24, 2.45) is 0 Å². The highest BCUT2D eigenvalue weighted by atomic mass is 16.5. The van der Waals surface area contributed by atoms with Gasteiger partial charge in [0.15, 0.2) is 6.61 Å². The van der Waals surface area contributed by atoms with E-state index in [4.69, 9.17) is 19.3 Å². The first kappa shape index (κ1) is 21.1. The molecule has 0 radical (unpaired) electrons. The molecule has 0 bridgehead atoms. The van der Waals surface area contributed by atoms with Gasteiger partial charge in [-0.05, 0) is 56.2 Å². The van der Waals surface area contributed by atoms with Crippen molar-refractivity contribution in [1.29, 1.82) is 0 Å². The van der Waals surface area contributed by atoms with E-state index >= 15 is 0 Å². The van der Waals surface area contributed by atoms with Crippen LogP contribution in [0.4, 0.5) is 0 Å². The smallest absolute Gasteiger partial charge is 0.341 e. The summed E-state index contributed by atoms with van der Waals surface area (Å²) in [4.78, 5) is 23.1. The first-order valence-electron chi connectivity index (χ1n) is 8.85. The van der Waals surface area contributed by atoms with Crippen molar-refractivity contribution in [3.63, 3.8) is 0 Å². The van der Waals surface area contributed by atoms with Crippen LogP contribution in [0.3, 0.4) is 0 Å². The summed E-state index contributed by atoms with van der Waals surface area (Å²) in [6.45, 7) is 5.31. The number of aliphatic carboxylic acids is 1. The zero-order chi connectivity index (χ0) is 20.7. The predicted octanol–water partition coefficient (Wildman–Crippen LogP) is 2.97. The number of rotatable bonds is 9. The van der Waals surface area contributed by atoms with Crippen molar-refractivity contribution in [2.75, 3.05) is 20.3 Å². The summed E-state index contributed by atoms with van der Waals surface area (Å²) in [6.07, 6.45) is -0.239. The maximum absolute atomic E-state index is 12.5. The Hall–Kier alpha value is -3.22. The molecule has 0 spiro atoms. The Bertz CT molecular complexity index is 826. The Kier molecular flexibility index (Phi) is 7.26. The third-order valence-corrected chi connectivity index (χ3v) is 3.99. The number of hydrogen-bond donors (Lipinski definition) is 2. The molecule has 28 heavy (non-hydrogen) atoms. The van der Waals surface area contributed by atoms with Crippen molar-refractivity contribution in [3.05, 3.63) is 53.1 Å². The van der Waals surface area contributed by atoms with Gasteiger partial charge in [0, 0.05) is 11.6 Å². The maximum atomic E-state index is 12.5. The van der Waals surface area contributed by atoms with E-state index in [1.165, 1.54) is 0 Å². The van der Waals surface area contributed by atoms with Crippen LogP contribution in [-0.2, 0) is 4.79 Å². The third-order valence-electron chi connectivity index (χ3n) is 3.99. The lowest BCUT2D eigenvalue weighted by Gasteiger charge is -2.17. The number of hydrogen-bond acceptors (Lipinski definition) is 5. The van der Waals surface area contributed by atoms with Gasteiger partial charge >= 0.3 is 5.97 Å². The monoisotopic (exact) mass is 387 g/mol. The number of methoxy groups -OCH3 is 1. The van der Waals surface area contributed by atoms with Gasteiger partial charge < -0.3 is 24.6 Å². The van der Waals surface area contributed by atoms with Crippen molar-refractivity contribution in [3.8, 4) is 17.2 Å². The van der Waals surface area contributed by atoms with Gasteiger partial charge in [-0.15, -0.1) is 0 Å². The number of aryl methyl sites for hydroxylation is 2. The molecule has 7 heteroatoms. The molecule has 1 unspecified atom stereocenters. The minimum Gasteiger partial charge on any atom is -0.497 e. The quantitative estimate of drug-likeness (QED) is 0.687. The van der Waals surface area contributed by atoms with Gasteiger partial charge in [-0.1, -0.05) is 6.07 Å². The lowest BCUT2D eigenvalue weighted by Crippen LogP contribution is -2.33. The second-order valence-corrected chi connectivity index (χ2v) is 6.44. The minimum absolute atomic E-state index is 0.239. The van der Waals surface area contributed by atoms with Crippen LogP contribution in [0.1, 0.15) is 28.4 Å². The molecule has 0 heterocycles. The molecule has 2 aromatic carbocycles. The van der Waals surface area contributed by atoms with Crippen molar-refractivity contribution in [1.82, 2.24) is 5.32 Å². The van der Waals surface area contributed by atoms with E-state index in [0.717, 1.165) is 0 Å². The number of benzene rings is 2. The lowest BCUT2D eigenvalue weighted by atomic mass is 10.0. The van der Waals surface area contributed by atoms with Gasteiger partial charge in [0.05, 0.1) is 13.7 Å². The predicted molar refractivity (Wildman–Crippen MR) is 104 cm³/mol. The molecule has 2 N–H and O–H groups in total. The molecular formula is C21H25NO6. The summed E-state index contributed by atoms with van der Waals surface area (Å²) >= 11 is 0. The normalized spacial score (nSPS) is 11.4. The summed E-state index contributed by atoms with van der Waals surface area (Å²) in [5.41, 5.74) is 1.88. The molecule has 0 aliphatic rings. The summed E-state index contributed by atoms with van der Waals surface area (Å²) < 4.78 is 16.2. The average molecular weight is 387 g/mol. The Morgan fingerprint density at radius 1 is 1.11 bits per heavy atom. The van der Waals surface area contributed by atoms with Gasteiger partial charge in [0.1, 0.15) is 23.4 Å². The topological polar surface area (TPSA) is 94.1 Å². The van der Waals surface area contributed by atoms with Crippen LogP contribution in [0, 0.1) is 13.8 Å². The Morgan fingerprint density at radius 3 is 2.36 bits per heavy atom. The van der Waals surface area contributed by atoms with Crippen molar-refractivity contribution >= 4 is 11.9 Å². The molecule has 0 aromatic heterocycles. The van der Waals surface area contributed by atoms with E-state index in [1.54, 1.807) is 39.2 Å². The second kappa shape index (κ2) is 9.64. The minimum atomic E-state index is -1.05. The van der Waals surface area contributed by atoms with E-state index < -0.39 is 12.6 Å². The Balaban J connectivity index is 1.95. The standard InChI is InChI=1S/C21H25NO6/c1-13-8-16(9-14(2)20(13)27-12-19(23)24)21(25)22-11-15(3)28-18-7-5-6-17(10-18)26-4/h5-10,15H,11-12H2,1-4H3,(H,22,25)(H,23,24). The van der Waals surface area contributed by atoms with E-state index in [9.17, 15) is 9.59 Å². The van der Waals surface area contributed by atoms with E-state index in [1.807, 2.05) is 25.1 Å². The number of carbonyl (C=O) groups excluding carboxylic acids is 1. The van der Waals surface area contributed by atoms with Gasteiger partial charge in [0.25, 0.3) is 5.91 Å². The highest BCUT2D eigenvalue weighted by Gasteiger charge is 2.14. The van der Waals surface area contributed by atoms with Crippen LogP contribution in [0.2, 0.25) is 0 Å². The molecule has 0 aliphatic carbocycles. The maximum Gasteiger partial charge on any atom is 0.341 e. The Labute approximate surface area is 164 Å². The lowest BCUT2D eigenvalue weighted by molar-refractivity contribution is -0.139. The second-order valence-electron chi connectivity index (χ2n) is 6.44. The molecule has 0 aliphatic heterocycles. The van der Waals surface area contributed by atoms with Gasteiger partial charge in [-0.3, -0.25) is 4.79 Å². The van der Waals surface area contributed by atoms with Crippen LogP contribution < -0.4 is 19.5 Å². The Morgan fingerprint density at radius 2 is 1.75 bits per heavy atom. The van der Waals surface area contributed by atoms with E-state index in [0.29, 0.717) is 40.5 Å². The zero-order valence-electron chi connectivity index (χ0n) is 16.4. The van der Waals surface area contributed by atoms with Gasteiger partial charge in [0.2, 0.25) is 0 Å². The summed E-state index contributed by atoms with van der Waals surface area (Å²) in [6, 6.07) is 10.6. The largest absolute Gasteiger partial charge is 0.497 e. The first-order valence-corrected chi connectivity index (χ1v) is 8.85. The molecule has 1 atom stereocenters. The van der Waals surface area contributed by atoms with Crippen molar-refractivity contribution in [2.45, 2.75) is 26.9 Å².